The first-order valence-electron chi connectivity index (χ1n) is 3.80. The van der Waals surface area contributed by atoms with Crippen molar-refractivity contribution in [1.29, 1.82) is 0 Å². The van der Waals surface area contributed by atoms with Gasteiger partial charge >= 0.3 is 5.97 Å². The second-order valence-electron chi connectivity index (χ2n) is 2.65. The lowest BCUT2D eigenvalue weighted by molar-refractivity contribution is -0.136. The lowest BCUT2D eigenvalue weighted by atomic mass is 10.2. The highest BCUT2D eigenvalue weighted by Gasteiger charge is 2.10. The molecule has 1 aromatic heterocycles. The van der Waals surface area contributed by atoms with E-state index >= 15 is 0 Å². The summed E-state index contributed by atoms with van der Waals surface area (Å²) in [4.78, 5) is 26.9. The summed E-state index contributed by atoms with van der Waals surface area (Å²) in [5.41, 5.74) is 4.46. The van der Waals surface area contributed by atoms with Gasteiger partial charge in [0.1, 0.15) is 0 Å². The van der Waals surface area contributed by atoms with Crippen molar-refractivity contribution in [2.45, 2.75) is 12.8 Å². The van der Waals surface area contributed by atoms with Crippen LogP contribution < -0.4 is 11.3 Å². The molecule has 7 nitrogen and oxygen atoms in total. The first kappa shape index (κ1) is 10.0. The van der Waals surface area contributed by atoms with Crippen LogP contribution in [-0.2, 0) is 11.2 Å². The van der Waals surface area contributed by atoms with Crippen molar-refractivity contribution in [3.05, 3.63) is 15.9 Å². The van der Waals surface area contributed by atoms with E-state index in [0.29, 0.717) is 0 Å². The maximum atomic E-state index is 11.1. The third-order valence-electron chi connectivity index (χ3n) is 1.60. The average Bonchev–Trinajstić information content (AvgIpc) is 2.01. The lowest BCUT2D eigenvalue weighted by Gasteiger charge is -2.01. The minimum atomic E-state index is -1.05. The van der Waals surface area contributed by atoms with Crippen LogP contribution in [0, 0.1) is 0 Å². The number of rotatable bonds is 3. The molecule has 0 saturated carbocycles. The van der Waals surface area contributed by atoms with E-state index in [4.69, 9.17) is 10.8 Å². The molecule has 14 heavy (non-hydrogen) atoms. The zero-order chi connectivity index (χ0) is 10.7. The maximum Gasteiger partial charge on any atom is 0.303 e. The number of aliphatic carboxylic acids is 1. The van der Waals surface area contributed by atoms with Gasteiger partial charge in [0.05, 0.1) is 5.56 Å². The number of hydrogen-bond donors (Lipinski definition) is 4. The minimum Gasteiger partial charge on any atom is -0.493 e. The standard InChI is InChI=1S/C7H9N3O4/c8-7-9-5(13)3(6(14)10-7)1-2-4(11)12/h1-2H2,(H,11,12)(H4,8,9,10,13,14). The van der Waals surface area contributed by atoms with Crippen LogP contribution in [0.3, 0.4) is 0 Å². The van der Waals surface area contributed by atoms with Crippen molar-refractivity contribution < 1.29 is 15.0 Å². The third kappa shape index (κ3) is 2.22. The van der Waals surface area contributed by atoms with Gasteiger partial charge in [-0.15, -0.1) is 0 Å². The second-order valence-corrected chi connectivity index (χ2v) is 2.65. The van der Waals surface area contributed by atoms with Crippen molar-refractivity contribution in [1.82, 2.24) is 9.97 Å². The van der Waals surface area contributed by atoms with Gasteiger partial charge in [0, 0.05) is 6.42 Å². The zero-order valence-electron chi connectivity index (χ0n) is 7.15. The molecule has 0 saturated heterocycles. The highest BCUT2D eigenvalue weighted by Crippen LogP contribution is 2.10. The van der Waals surface area contributed by atoms with Crippen LogP contribution in [0.2, 0.25) is 0 Å². The fourth-order valence-corrected chi connectivity index (χ4v) is 0.960. The lowest BCUT2D eigenvalue weighted by Crippen LogP contribution is -2.17. The molecular weight excluding hydrogens is 190 g/mol. The van der Waals surface area contributed by atoms with Gasteiger partial charge in [-0.2, -0.15) is 4.98 Å². The van der Waals surface area contributed by atoms with E-state index in [-0.39, 0.29) is 24.4 Å². The van der Waals surface area contributed by atoms with Crippen LogP contribution in [0.15, 0.2) is 4.79 Å². The molecule has 0 fully saturated rings. The number of aromatic amines is 1. The van der Waals surface area contributed by atoms with Crippen molar-refractivity contribution in [3.63, 3.8) is 0 Å². The number of nitrogens with one attached hydrogen (secondary N) is 1. The fourth-order valence-electron chi connectivity index (χ4n) is 0.960. The van der Waals surface area contributed by atoms with E-state index in [2.05, 4.69) is 9.97 Å². The van der Waals surface area contributed by atoms with Crippen LogP contribution in [0.1, 0.15) is 12.0 Å². The summed E-state index contributed by atoms with van der Waals surface area (Å²) in [6, 6.07) is 0. The monoisotopic (exact) mass is 199 g/mol. The molecule has 0 amide bonds. The Labute approximate surface area is 78.2 Å². The molecule has 0 bridgehead atoms. The van der Waals surface area contributed by atoms with Crippen LogP contribution in [0.25, 0.3) is 0 Å². The number of anilines is 1. The smallest absolute Gasteiger partial charge is 0.303 e. The summed E-state index contributed by atoms with van der Waals surface area (Å²) in [6.07, 6.45) is -0.327. The Morgan fingerprint density at radius 2 is 2.21 bits per heavy atom. The summed E-state index contributed by atoms with van der Waals surface area (Å²) in [5.74, 6) is -1.78. The van der Waals surface area contributed by atoms with Crippen molar-refractivity contribution >= 4 is 11.9 Å². The second kappa shape index (κ2) is 3.77. The number of aromatic nitrogens is 2. The highest BCUT2D eigenvalue weighted by atomic mass is 16.4. The molecule has 76 valence electrons. The Morgan fingerprint density at radius 3 is 2.71 bits per heavy atom. The van der Waals surface area contributed by atoms with Crippen LogP contribution in [0.5, 0.6) is 5.88 Å². The molecule has 0 aliphatic carbocycles. The summed E-state index contributed by atoms with van der Waals surface area (Å²) < 4.78 is 0. The first-order valence-corrected chi connectivity index (χ1v) is 3.80. The molecule has 0 atom stereocenters. The number of H-pyrrole nitrogens is 1. The Balaban J connectivity index is 2.97. The number of nitrogens with zero attached hydrogens (tertiary/aromatic N) is 1. The number of nitrogen functional groups attached to an aromatic ring is 1. The quantitative estimate of drug-likeness (QED) is 0.498. The summed E-state index contributed by atoms with van der Waals surface area (Å²) >= 11 is 0. The minimum absolute atomic E-state index is 0.0680. The van der Waals surface area contributed by atoms with Gasteiger partial charge in [-0.3, -0.25) is 14.6 Å². The fraction of sp³-hybridized carbons (Fsp3) is 0.286. The van der Waals surface area contributed by atoms with Crippen LogP contribution in [0.4, 0.5) is 5.95 Å². The average molecular weight is 199 g/mol. The molecule has 1 heterocycles. The molecule has 0 unspecified atom stereocenters. The molecule has 0 aliphatic rings. The van der Waals surface area contributed by atoms with Gasteiger partial charge in [-0.1, -0.05) is 0 Å². The topological polar surface area (TPSA) is 129 Å². The van der Waals surface area contributed by atoms with E-state index in [1.807, 2.05) is 0 Å². The van der Waals surface area contributed by atoms with Crippen LogP contribution >= 0.6 is 0 Å². The Bertz CT molecular complexity index is 412. The van der Waals surface area contributed by atoms with Crippen molar-refractivity contribution in [2.75, 3.05) is 5.73 Å². The molecule has 0 spiro atoms. The molecule has 0 radical (unpaired) electrons. The number of carboxylic acid groups (broad SMARTS) is 1. The van der Waals surface area contributed by atoms with E-state index in [1.54, 1.807) is 0 Å². The summed E-state index contributed by atoms with van der Waals surface area (Å²) in [7, 11) is 0. The van der Waals surface area contributed by atoms with Gasteiger partial charge in [0.15, 0.2) is 0 Å². The molecule has 5 N–H and O–H groups in total. The molecule has 7 heteroatoms. The molecule has 1 rings (SSSR count). The van der Waals surface area contributed by atoms with Crippen LogP contribution in [-0.4, -0.2) is 26.2 Å². The van der Waals surface area contributed by atoms with Crippen molar-refractivity contribution in [2.24, 2.45) is 0 Å². The highest BCUT2D eigenvalue weighted by molar-refractivity contribution is 5.67. The van der Waals surface area contributed by atoms with Gasteiger partial charge in [0.2, 0.25) is 11.8 Å². The normalized spacial score (nSPS) is 10.0. The van der Waals surface area contributed by atoms with E-state index in [0.717, 1.165) is 0 Å². The Kier molecular flexibility index (Phi) is 2.70. The van der Waals surface area contributed by atoms with Gasteiger partial charge in [-0.05, 0) is 6.42 Å². The predicted molar refractivity (Wildman–Crippen MR) is 46.9 cm³/mol. The van der Waals surface area contributed by atoms with Gasteiger partial charge in [0.25, 0.3) is 5.56 Å². The third-order valence-corrected chi connectivity index (χ3v) is 1.60. The van der Waals surface area contributed by atoms with E-state index in [1.165, 1.54) is 0 Å². The largest absolute Gasteiger partial charge is 0.493 e. The summed E-state index contributed by atoms with van der Waals surface area (Å²) in [5, 5.41) is 17.6. The Hall–Kier alpha value is -2.05. The van der Waals surface area contributed by atoms with Gasteiger partial charge < -0.3 is 15.9 Å². The predicted octanol–water partition coefficient (Wildman–Crippen LogP) is -0.925. The SMILES string of the molecule is Nc1nc(O)c(CCC(=O)O)c(=O)[nH]1. The zero-order valence-corrected chi connectivity index (χ0v) is 7.15. The van der Waals surface area contributed by atoms with Crippen molar-refractivity contribution in [3.8, 4) is 5.88 Å². The number of aromatic hydroxyl groups is 1. The number of carbonyl (C=O) groups is 1. The first-order chi connectivity index (χ1) is 6.50. The number of carboxylic acids is 1. The molecular formula is C7H9N3O4. The molecule has 1 aromatic rings. The summed E-state index contributed by atoms with van der Waals surface area (Å²) in [6.45, 7) is 0. The number of hydrogen-bond acceptors (Lipinski definition) is 5. The molecule has 0 aliphatic heterocycles. The molecule has 0 aromatic carbocycles. The number of nitrogens with two attached hydrogens (primary N) is 1. The van der Waals surface area contributed by atoms with E-state index in [9.17, 15) is 14.7 Å². The van der Waals surface area contributed by atoms with E-state index < -0.39 is 17.4 Å². The maximum absolute atomic E-state index is 11.1. The Morgan fingerprint density at radius 1 is 1.57 bits per heavy atom. The van der Waals surface area contributed by atoms with Gasteiger partial charge in [-0.25, -0.2) is 0 Å².